The molecule has 0 saturated carbocycles. The number of anilines is 1. The van der Waals surface area contributed by atoms with Gasteiger partial charge in [0.2, 0.25) is 5.91 Å². The molecule has 134 valence electrons. The smallest absolute Gasteiger partial charge is 0.225 e. The number of ether oxygens (including phenoxy) is 1. The molecule has 1 aromatic heterocycles. The highest BCUT2D eigenvalue weighted by molar-refractivity contribution is 7.99. The molecule has 26 heavy (non-hydrogen) atoms. The van der Waals surface area contributed by atoms with Crippen LogP contribution >= 0.6 is 11.8 Å². The zero-order chi connectivity index (χ0) is 18.0. The molecule has 1 amide bonds. The molecule has 3 rings (SSSR count). The molecule has 1 N–H and O–H groups in total. The van der Waals surface area contributed by atoms with E-state index in [1.54, 1.807) is 18.0 Å². The second-order valence-corrected chi connectivity index (χ2v) is 6.77. The Morgan fingerprint density at radius 1 is 1.12 bits per heavy atom. The Balaban J connectivity index is 1.41. The maximum atomic E-state index is 12.1. The van der Waals surface area contributed by atoms with Gasteiger partial charge in [-0.15, -0.1) is 11.8 Å². The summed E-state index contributed by atoms with van der Waals surface area (Å²) in [5.74, 6) is 1.48. The lowest BCUT2D eigenvalue weighted by atomic mass is 10.3. The summed E-state index contributed by atoms with van der Waals surface area (Å²) >= 11 is 1.68. The molecule has 3 aromatic rings. The van der Waals surface area contributed by atoms with Crippen molar-refractivity contribution in [3.63, 3.8) is 0 Å². The van der Waals surface area contributed by atoms with Crippen molar-refractivity contribution in [1.82, 2.24) is 9.78 Å². The van der Waals surface area contributed by atoms with Crippen molar-refractivity contribution in [2.45, 2.75) is 17.9 Å². The summed E-state index contributed by atoms with van der Waals surface area (Å²) in [7, 11) is 0. The van der Waals surface area contributed by atoms with Crippen LogP contribution in [0.3, 0.4) is 0 Å². The number of nitrogens with one attached hydrogen (secondary N) is 1. The van der Waals surface area contributed by atoms with Crippen LogP contribution in [0.25, 0.3) is 0 Å². The van der Waals surface area contributed by atoms with E-state index in [1.165, 1.54) is 4.90 Å². The Morgan fingerprint density at radius 2 is 2.00 bits per heavy atom. The van der Waals surface area contributed by atoms with Crippen LogP contribution in [0.1, 0.15) is 6.42 Å². The molecule has 0 aliphatic carbocycles. The highest BCUT2D eigenvalue weighted by Gasteiger charge is 2.04. The zero-order valence-electron chi connectivity index (χ0n) is 14.4. The van der Waals surface area contributed by atoms with Crippen LogP contribution in [0.4, 0.5) is 5.69 Å². The molecule has 0 aliphatic heterocycles. The summed E-state index contributed by atoms with van der Waals surface area (Å²) in [6.07, 6.45) is 4.10. The summed E-state index contributed by atoms with van der Waals surface area (Å²) in [5.41, 5.74) is 0.747. The predicted octanol–water partition coefficient (Wildman–Crippen LogP) is 4.08. The van der Waals surface area contributed by atoms with E-state index in [0.717, 1.165) is 17.2 Å². The van der Waals surface area contributed by atoms with E-state index < -0.39 is 0 Å². The number of carbonyl (C=O) groups is 1. The van der Waals surface area contributed by atoms with Crippen LogP contribution in [0.15, 0.2) is 78.0 Å². The minimum absolute atomic E-state index is 0.00197. The van der Waals surface area contributed by atoms with Crippen molar-refractivity contribution < 1.29 is 9.53 Å². The SMILES string of the molecule is O=C(CCSc1ccccc1)Nc1cccc(OCCn2cccn2)c1. The van der Waals surface area contributed by atoms with Gasteiger partial charge in [0.1, 0.15) is 12.4 Å². The predicted molar refractivity (Wildman–Crippen MR) is 105 cm³/mol. The van der Waals surface area contributed by atoms with E-state index >= 15 is 0 Å². The lowest BCUT2D eigenvalue weighted by Crippen LogP contribution is -2.12. The van der Waals surface area contributed by atoms with Crippen LogP contribution in [0, 0.1) is 0 Å². The van der Waals surface area contributed by atoms with Crippen LogP contribution < -0.4 is 10.1 Å². The number of carbonyl (C=O) groups excluding carboxylic acids is 1. The molecule has 1 heterocycles. The molecular formula is C20H21N3O2S. The first kappa shape index (κ1) is 18.1. The molecule has 0 fully saturated rings. The van der Waals surface area contributed by atoms with Gasteiger partial charge in [-0.1, -0.05) is 24.3 Å². The van der Waals surface area contributed by atoms with Gasteiger partial charge in [0.15, 0.2) is 0 Å². The van der Waals surface area contributed by atoms with E-state index in [9.17, 15) is 4.79 Å². The van der Waals surface area contributed by atoms with E-state index in [1.807, 2.05) is 71.5 Å². The first-order valence-corrected chi connectivity index (χ1v) is 9.46. The number of aromatic nitrogens is 2. The number of amides is 1. The van der Waals surface area contributed by atoms with Gasteiger partial charge in [-0.05, 0) is 30.3 Å². The molecule has 2 aromatic carbocycles. The highest BCUT2D eigenvalue weighted by Crippen LogP contribution is 2.20. The molecule has 0 bridgehead atoms. The lowest BCUT2D eigenvalue weighted by Gasteiger charge is -2.09. The third kappa shape index (κ3) is 5.97. The summed E-state index contributed by atoms with van der Waals surface area (Å²) in [6, 6.07) is 19.4. The maximum Gasteiger partial charge on any atom is 0.225 e. The average Bonchev–Trinajstić information content (AvgIpc) is 3.16. The summed E-state index contributed by atoms with van der Waals surface area (Å²) < 4.78 is 7.54. The van der Waals surface area contributed by atoms with Gasteiger partial charge in [-0.25, -0.2) is 0 Å². The van der Waals surface area contributed by atoms with Crippen LogP contribution in [0.2, 0.25) is 0 Å². The van der Waals surface area contributed by atoms with Gasteiger partial charge in [-0.2, -0.15) is 5.10 Å². The van der Waals surface area contributed by atoms with Crippen molar-refractivity contribution >= 4 is 23.4 Å². The topological polar surface area (TPSA) is 56.1 Å². The largest absolute Gasteiger partial charge is 0.492 e. The monoisotopic (exact) mass is 367 g/mol. The minimum Gasteiger partial charge on any atom is -0.492 e. The lowest BCUT2D eigenvalue weighted by molar-refractivity contribution is -0.115. The Kier molecular flexibility index (Phi) is 6.73. The van der Waals surface area contributed by atoms with Crippen molar-refractivity contribution in [3.8, 4) is 5.75 Å². The van der Waals surface area contributed by atoms with Crippen molar-refractivity contribution in [3.05, 3.63) is 73.1 Å². The van der Waals surface area contributed by atoms with Crippen LogP contribution in [0.5, 0.6) is 5.75 Å². The number of benzene rings is 2. The Bertz CT molecular complexity index is 807. The van der Waals surface area contributed by atoms with E-state index in [0.29, 0.717) is 19.6 Å². The van der Waals surface area contributed by atoms with Crippen molar-refractivity contribution in [2.75, 3.05) is 17.7 Å². The Hall–Kier alpha value is -2.73. The van der Waals surface area contributed by atoms with E-state index in [2.05, 4.69) is 10.4 Å². The van der Waals surface area contributed by atoms with Gasteiger partial charge in [0, 0.05) is 41.2 Å². The third-order valence-electron chi connectivity index (χ3n) is 3.61. The second kappa shape index (κ2) is 9.68. The number of hydrogen-bond donors (Lipinski definition) is 1. The molecule has 5 nitrogen and oxygen atoms in total. The zero-order valence-corrected chi connectivity index (χ0v) is 15.2. The number of thioether (sulfide) groups is 1. The normalized spacial score (nSPS) is 10.5. The van der Waals surface area contributed by atoms with Gasteiger partial charge in [0.25, 0.3) is 0 Å². The summed E-state index contributed by atoms with van der Waals surface area (Å²) in [6.45, 7) is 1.20. The standard InChI is InChI=1S/C20H21N3O2S/c24-20(10-15-26-19-8-2-1-3-9-19)22-17-6-4-7-18(16-17)25-14-13-23-12-5-11-21-23/h1-9,11-12,16H,10,13-15H2,(H,22,24). The van der Waals surface area contributed by atoms with Gasteiger partial charge >= 0.3 is 0 Å². The maximum absolute atomic E-state index is 12.1. The molecule has 0 unspecified atom stereocenters. The van der Waals surface area contributed by atoms with Crippen molar-refractivity contribution in [1.29, 1.82) is 0 Å². The molecule has 0 spiro atoms. The van der Waals surface area contributed by atoms with Crippen LogP contribution in [-0.2, 0) is 11.3 Å². The first-order valence-electron chi connectivity index (χ1n) is 8.47. The van der Waals surface area contributed by atoms with Gasteiger partial charge in [-0.3, -0.25) is 9.48 Å². The Labute approximate surface area is 157 Å². The van der Waals surface area contributed by atoms with Crippen LogP contribution in [-0.4, -0.2) is 28.0 Å². The number of hydrogen-bond acceptors (Lipinski definition) is 4. The molecule has 0 saturated heterocycles. The Morgan fingerprint density at radius 3 is 2.81 bits per heavy atom. The summed E-state index contributed by atoms with van der Waals surface area (Å²) in [5, 5.41) is 7.06. The second-order valence-electron chi connectivity index (χ2n) is 5.61. The fraction of sp³-hybridized carbons (Fsp3) is 0.200. The highest BCUT2D eigenvalue weighted by atomic mass is 32.2. The van der Waals surface area contributed by atoms with Gasteiger partial charge < -0.3 is 10.1 Å². The van der Waals surface area contributed by atoms with E-state index in [-0.39, 0.29) is 5.91 Å². The quantitative estimate of drug-likeness (QED) is 0.579. The molecule has 0 atom stereocenters. The summed E-state index contributed by atoms with van der Waals surface area (Å²) in [4.78, 5) is 13.3. The molecule has 0 aliphatic rings. The number of rotatable bonds is 9. The fourth-order valence-corrected chi connectivity index (χ4v) is 3.23. The number of nitrogens with zero attached hydrogens (tertiary/aromatic N) is 2. The molecule has 0 radical (unpaired) electrons. The molecular weight excluding hydrogens is 346 g/mol. The molecule has 6 heteroatoms. The van der Waals surface area contributed by atoms with Gasteiger partial charge in [0.05, 0.1) is 6.54 Å². The first-order chi connectivity index (χ1) is 12.8. The fourth-order valence-electron chi connectivity index (χ4n) is 2.36. The average molecular weight is 367 g/mol. The third-order valence-corrected chi connectivity index (χ3v) is 4.62. The van der Waals surface area contributed by atoms with Crippen molar-refractivity contribution in [2.24, 2.45) is 0 Å². The minimum atomic E-state index is 0.00197. The van der Waals surface area contributed by atoms with E-state index in [4.69, 9.17) is 4.74 Å².